The first-order valence-corrected chi connectivity index (χ1v) is 14.3. The molecule has 3 aromatic rings. The van der Waals surface area contributed by atoms with Crippen LogP contribution in [0.1, 0.15) is 26.3 Å². The van der Waals surface area contributed by atoms with Crippen molar-refractivity contribution >= 4 is 50.7 Å². The Morgan fingerprint density at radius 2 is 1.47 bits per heavy atom. The normalized spacial score (nSPS) is 12.2. The summed E-state index contributed by atoms with van der Waals surface area (Å²) in [6, 6.07) is 20.5. The Labute approximate surface area is 234 Å². The van der Waals surface area contributed by atoms with Gasteiger partial charge in [-0.1, -0.05) is 85.6 Å². The maximum atomic E-state index is 13.8. The zero-order chi connectivity index (χ0) is 27.9. The van der Waals surface area contributed by atoms with E-state index in [-0.39, 0.29) is 39.0 Å². The quantitative estimate of drug-likeness (QED) is 0.332. The minimum Gasteiger partial charge on any atom is -0.354 e. The molecule has 3 aromatic carbocycles. The summed E-state index contributed by atoms with van der Waals surface area (Å²) >= 11 is 12.3. The molecule has 38 heavy (non-hydrogen) atoms. The second-order valence-corrected chi connectivity index (χ2v) is 11.9. The van der Waals surface area contributed by atoms with Gasteiger partial charge in [0.05, 0.1) is 20.6 Å². The van der Waals surface area contributed by atoms with Crippen molar-refractivity contribution in [2.75, 3.05) is 17.4 Å². The summed E-state index contributed by atoms with van der Waals surface area (Å²) in [6.07, 6.45) is 0. The van der Waals surface area contributed by atoms with Crippen LogP contribution in [0.3, 0.4) is 0 Å². The summed E-state index contributed by atoms with van der Waals surface area (Å²) in [5.41, 5.74) is 0.976. The van der Waals surface area contributed by atoms with Gasteiger partial charge in [0.25, 0.3) is 10.0 Å². The molecule has 1 atom stereocenters. The van der Waals surface area contributed by atoms with E-state index in [0.29, 0.717) is 6.54 Å². The van der Waals surface area contributed by atoms with E-state index in [0.717, 1.165) is 9.87 Å². The Hall–Kier alpha value is -3.07. The third-order valence-electron chi connectivity index (χ3n) is 5.85. The molecule has 0 fully saturated rings. The lowest BCUT2D eigenvalue weighted by atomic mass is 10.1. The van der Waals surface area contributed by atoms with E-state index in [1.165, 1.54) is 35.2 Å². The number of nitrogens with zero attached hydrogens (tertiary/aromatic N) is 2. The fourth-order valence-electron chi connectivity index (χ4n) is 3.70. The van der Waals surface area contributed by atoms with Crippen molar-refractivity contribution in [2.45, 2.75) is 38.3 Å². The van der Waals surface area contributed by atoms with Crippen LogP contribution in [0.4, 0.5) is 5.69 Å². The summed E-state index contributed by atoms with van der Waals surface area (Å²) < 4.78 is 28.4. The minimum absolute atomic E-state index is 0.0104. The topological polar surface area (TPSA) is 86.8 Å². The number of anilines is 1. The average molecular weight is 577 g/mol. The average Bonchev–Trinajstić information content (AvgIpc) is 2.91. The van der Waals surface area contributed by atoms with Gasteiger partial charge >= 0.3 is 0 Å². The van der Waals surface area contributed by atoms with Gasteiger partial charge in [-0.15, -0.1) is 0 Å². The molecule has 202 valence electrons. The molecular formula is C28H31Cl2N3O4S. The molecule has 0 aliphatic carbocycles. The third-order valence-corrected chi connectivity index (χ3v) is 8.38. The van der Waals surface area contributed by atoms with E-state index < -0.39 is 28.5 Å². The molecule has 2 amide bonds. The molecule has 0 aliphatic rings. The standard InChI is InChI=1S/C28H31Cl2N3O4S/c1-20(2)17-31-28(35)21(3)32(18-22-10-6-4-7-11-22)27(34)19-33(23-14-15-25(29)26(30)16-23)38(36,37)24-12-8-5-9-13-24/h4-16,20-21H,17-19H2,1-3H3,(H,31,35)/t21-/m0/s1. The van der Waals surface area contributed by atoms with Crippen molar-refractivity contribution < 1.29 is 18.0 Å². The first-order chi connectivity index (χ1) is 18.0. The number of amides is 2. The highest BCUT2D eigenvalue weighted by Gasteiger charge is 2.32. The lowest BCUT2D eigenvalue weighted by Gasteiger charge is -2.32. The number of benzene rings is 3. The Bertz CT molecular complexity index is 1350. The summed E-state index contributed by atoms with van der Waals surface area (Å²) in [5.74, 6) is -0.646. The summed E-state index contributed by atoms with van der Waals surface area (Å²) in [7, 11) is -4.17. The van der Waals surface area contributed by atoms with Gasteiger partial charge in [-0.25, -0.2) is 8.42 Å². The zero-order valence-corrected chi connectivity index (χ0v) is 23.8. The minimum atomic E-state index is -4.17. The molecule has 0 radical (unpaired) electrons. The van der Waals surface area contributed by atoms with E-state index in [1.807, 2.05) is 44.2 Å². The molecule has 0 spiro atoms. The Kier molecular flexibility index (Phi) is 10.2. The number of halogens is 2. The van der Waals surface area contributed by atoms with Gasteiger partial charge in [0, 0.05) is 13.1 Å². The van der Waals surface area contributed by atoms with E-state index in [2.05, 4.69) is 5.32 Å². The van der Waals surface area contributed by atoms with E-state index >= 15 is 0 Å². The summed E-state index contributed by atoms with van der Waals surface area (Å²) in [5, 5.41) is 3.26. The van der Waals surface area contributed by atoms with Crippen LogP contribution in [0.2, 0.25) is 10.0 Å². The number of carbonyl (C=O) groups excluding carboxylic acids is 2. The molecular weight excluding hydrogens is 545 g/mol. The largest absolute Gasteiger partial charge is 0.354 e. The van der Waals surface area contributed by atoms with Gasteiger partial charge < -0.3 is 10.2 Å². The molecule has 1 N–H and O–H groups in total. The highest BCUT2D eigenvalue weighted by molar-refractivity contribution is 7.92. The van der Waals surface area contributed by atoms with Crippen molar-refractivity contribution in [3.8, 4) is 0 Å². The van der Waals surface area contributed by atoms with E-state index in [9.17, 15) is 18.0 Å². The highest BCUT2D eigenvalue weighted by Crippen LogP contribution is 2.30. The predicted octanol–water partition coefficient (Wildman–Crippen LogP) is 5.38. The predicted molar refractivity (Wildman–Crippen MR) is 152 cm³/mol. The fourth-order valence-corrected chi connectivity index (χ4v) is 5.42. The van der Waals surface area contributed by atoms with Crippen molar-refractivity contribution in [3.05, 3.63) is 94.5 Å². The van der Waals surface area contributed by atoms with Gasteiger partial charge in [-0.2, -0.15) is 0 Å². The lowest BCUT2D eigenvalue weighted by molar-refractivity contribution is -0.139. The van der Waals surface area contributed by atoms with E-state index in [4.69, 9.17) is 23.2 Å². The Morgan fingerprint density at radius 3 is 2.05 bits per heavy atom. The molecule has 0 bridgehead atoms. The third kappa shape index (κ3) is 7.49. The number of sulfonamides is 1. The van der Waals surface area contributed by atoms with Crippen LogP contribution in [0, 0.1) is 5.92 Å². The molecule has 0 aromatic heterocycles. The molecule has 0 unspecified atom stereocenters. The van der Waals surface area contributed by atoms with Crippen LogP contribution < -0.4 is 9.62 Å². The van der Waals surface area contributed by atoms with Crippen LogP contribution in [0.5, 0.6) is 0 Å². The van der Waals surface area contributed by atoms with Crippen molar-refractivity contribution in [2.24, 2.45) is 5.92 Å². The molecule has 7 nitrogen and oxygen atoms in total. The van der Waals surface area contributed by atoms with Crippen LogP contribution in [0.15, 0.2) is 83.8 Å². The maximum Gasteiger partial charge on any atom is 0.264 e. The summed E-state index contributed by atoms with van der Waals surface area (Å²) in [4.78, 5) is 28.2. The molecule has 0 aliphatic heterocycles. The lowest BCUT2D eigenvalue weighted by Crippen LogP contribution is -2.51. The SMILES string of the molecule is CC(C)CNC(=O)[C@H](C)N(Cc1ccccc1)C(=O)CN(c1ccc(Cl)c(Cl)c1)S(=O)(=O)c1ccccc1. The molecule has 0 saturated carbocycles. The van der Waals surface area contributed by atoms with Gasteiger partial charge in [0.2, 0.25) is 11.8 Å². The Balaban J connectivity index is 2.01. The van der Waals surface area contributed by atoms with Gasteiger partial charge in [-0.05, 0) is 48.7 Å². The zero-order valence-electron chi connectivity index (χ0n) is 21.5. The van der Waals surface area contributed by atoms with Crippen molar-refractivity contribution in [1.82, 2.24) is 10.2 Å². The molecule has 3 rings (SSSR count). The first-order valence-electron chi connectivity index (χ1n) is 12.1. The number of hydrogen-bond acceptors (Lipinski definition) is 4. The van der Waals surface area contributed by atoms with Gasteiger partial charge in [0.15, 0.2) is 0 Å². The number of carbonyl (C=O) groups is 2. The number of hydrogen-bond donors (Lipinski definition) is 1. The first kappa shape index (κ1) is 29.5. The fraction of sp³-hybridized carbons (Fsp3) is 0.286. The number of nitrogens with one attached hydrogen (secondary N) is 1. The maximum absolute atomic E-state index is 13.8. The second-order valence-electron chi connectivity index (χ2n) is 9.25. The van der Waals surface area contributed by atoms with E-state index in [1.54, 1.807) is 25.1 Å². The second kappa shape index (κ2) is 13.1. The van der Waals surface area contributed by atoms with Crippen LogP contribution in [-0.4, -0.2) is 44.3 Å². The molecule has 0 saturated heterocycles. The Morgan fingerprint density at radius 1 is 0.868 bits per heavy atom. The van der Waals surface area contributed by atoms with Gasteiger partial charge in [-0.3, -0.25) is 13.9 Å². The van der Waals surface area contributed by atoms with Crippen LogP contribution >= 0.6 is 23.2 Å². The smallest absolute Gasteiger partial charge is 0.264 e. The highest BCUT2D eigenvalue weighted by atomic mass is 35.5. The molecule has 0 heterocycles. The van der Waals surface area contributed by atoms with Crippen molar-refractivity contribution in [3.63, 3.8) is 0 Å². The monoisotopic (exact) mass is 575 g/mol. The van der Waals surface area contributed by atoms with Gasteiger partial charge in [0.1, 0.15) is 12.6 Å². The molecule has 10 heteroatoms. The van der Waals surface area contributed by atoms with Crippen LogP contribution in [0.25, 0.3) is 0 Å². The van der Waals surface area contributed by atoms with Crippen molar-refractivity contribution in [1.29, 1.82) is 0 Å². The summed E-state index contributed by atoms with van der Waals surface area (Å²) in [6.45, 7) is 5.60. The van der Waals surface area contributed by atoms with Crippen LogP contribution in [-0.2, 0) is 26.2 Å². The number of rotatable bonds is 11.